The maximum atomic E-state index is 4.32. The number of aryl methyl sites for hydroxylation is 3. The summed E-state index contributed by atoms with van der Waals surface area (Å²) in [4.78, 5) is 0. The third-order valence-corrected chi connectivity index (χ3v) is 4.22. The first-order valence-corrected chi connectivity index (χ1v) is 7.77. The normalized spacial score (nSPS) is 14.1. The van der Waals surface area contributed by atoms with Gasteiger partial charge in [-0.1, -0.05) is 29.8 Å². The summed E-state index contributed by atoms with van der Waals surface area (Å²) in [7, 11) is 1.99. The summed E-state index contributed by atoms with van der Waals surface area (Å²) >= 11 is 0. The lowest BCUT2D eigenvalue weighted by atomic mass is 10.0. The highest BCUT2D eigenvalue weighted by Crippen LogP contribution is 2.17. The van der Waals surface area contributed by atoms with E-state index in [1.165, 1.54) is 22.4 Å². The lowest BCUT2D eigenvalue weighted by molar-refractivity contribution is 0.455. The molecule has 2 aromatic rings. The van der Waals surface area contributed by atoms with E-state index >= 15 is 0 Å². The van der Waals surface area contributed by atoms with Crippen molar-refractivity contribution in [1.29, 1.82) is 0 Å². The summed E-state index contributed by atoms with van der Waals surface area (Å²) in [5.41, 5.74) is 5.29. The largest absolute Gasteiger partial charge is 0.308 e. The number of hydrogen-bond acceptors (Lipinski definition) is 2. The molecule has 0 radical (unpaired) electrons. The van der Waals surface area contributed by atoms with Crippen molar-refractivity contribution in [3.8, 4) is 0 Å². The number of benzene rings is 1. The average molecular weight is 285 g/mol. The smallest absolute Gasteiger partial charge is 0.0540 e. The van der Waals surface area contributed by atoms with E-state index in [1.54, 1.807) is 0 Å². The van der Waals surface area contributed by atoms with Crippen LogP contribution in [-0.2, 0) is 13.5 Å². The summed E-state index contributed by atoms with van der Waals surface area (Å²) in [6, 6.07) is 9.62. The minimum atomic E-state index is 0.339. The van der Waals surface area contributed by atoms with Crippen molar-refractivity contribution in [2.24, 2.45) is 7.05 Å². The van der Waals surface area contributed by atoms with Gasteiger partial charge in [0.05, 0.1) is 6.20 Å². The van der Waals surface area contributed by atoms with E-state index in [0.717, 1.165) is 12.8 Å². The molecule has 1 aromatic heterocycles. The Hall–Kier alpha value is -1.61. The maximum absolute atomic E-state index is 4.32. The third-order valence-electron chi connectivity index (χ3n) is 4.22. The first kappa shape index (κ1) is 15.8. The van der Waals surface area contributed by atoms with Crippen LogP contribution in [0, 0.1) is 13.8 Å². The highest BCUT2D eigenvalue weighted by atomic mass is 15.3. The van der Waals surface area contributed by atoms with E-state index in [9.17, 15) is 0 Å². The molecule has 0 spiro atoms. The monoisotopic (exact) mass is 285 g/mol. The molecule has 21 heavy (non-hydrogen) atoms. The SMILES string of the molecule is Cc1cccc(CCC(C)NC(C)c2cnn(C)c2C)c1. The highest BCUT2D eigenvalue weighted by molar-refractivity contribution is 5.22. The van der Waals surface area contributed by atoms with E-state index in [0.29, 0.717) is 12.1 Å². The summed E-state index contributed by atoms with van der Waals surface area (Å²) < 4.78 is 1.94. The molecule has 2 rings (SSSR count). The van der Waals surface area contributed by atoms with Gasteiger partial charge >= 0.3 is 0 Å². The Morgan fingerprint density at radius 1 is 1.24 bits per heavy atom. The predicted octanol–water partition coefficient (Wildman–Crippen LogP) is 3.71. The van der Waals surface area contributed by atoms with Crippen molar-refractivity contribution in [3.63, 3.8) is 0 Å². The molecule has 0 fully saturated rings. The van der Waals surface area contributed by atoms with Gasteiger partial charge in [0.15, 0.2) is 0 Å². The van der Waals surface area contributed by atoms with E-state index in [4.69, 9.17) is 0 Å². The van der Waals surface area contributed by atoms with E-state index in [-0.39, 0.29) is 0 Å². The Kier molecular flexibility index (Phi) is 5.18. The fraction of sp³-hybridized carbons (Fsp3) is 0.500. The molecule has 0 bridgehead atoms. The third kappa shape index (κ3) is 4.18. The van der Waals surface area contributed by atoms with Crippen LogP contribution in [0.5, 0.6) is 0 Å². The molecule has 0 aliphatic heterocycles. The molecule has 1 aromatic carbocycles. The molecule has 1 N–H and O–H groups in total. The zero-order valence-electron chi connectivity index (χ0n) is 13.9. The molecule has 1 heterocycles. The topological polar surface area (TPSA) is 29.9 Å². The number of nitrogens with zero attached hydrogens (tertiary/aromatic N) is 2. The van der Waals surface area contributed by atoms with Crippen LogP contribution in [-0.4, -0.2) is 15.8 Å². The molecule has 0 aliphatic carbocycles. The molecule has 2 atom stereocenters. The van der Waals surface area contributed by atoms with Crippen molar-refractivity contribution in [2.75, 3.05) is 0 Å². The summed E-state index contributed by atoms with van der Waals surface area (Å²) in [6.07, 6.45) is 4.24. The molecule has 2 unspecified atom stereocenters. The van der Waals surface area contributed by atoms with Crippen molar-refractivity contribution in [2.45, 2.75) is 52.6 Å². The van der Waals surface area contributed by atoms with Crippen molar-refractivity contribution in [3.05, 3.63) is 52.8 Å². The van der Waals surface area contributed by atoms with E-state index in [1.807, 2.05) is 17.9 Å². The minimum Gasteiger partial charge on any atom is -0.308 e. The fourth-order valence-corrected chi connectivity index (χ4v) is 2.79. The number of hydrogen-bond donors (Lipinski definition) is 1. The Morgan fingerprint density at radius 2 is 2.00 bits per heavy atom. The van der Waals surface area contributed by atoms with Gasteiger partial charge in [-0.05, 0) is 46.1 Å². The molecule has 0 saturated heterocycles. The number of aromatic nitrogens is 2. The lowest BCUT2D eigenvalue weighted by Crippen LogP contribution is -2.29. The van der Waals surface area contributed by atoms with Crippen LogP contribution >= 0.6 is 0 Å². The second kappa shape index (κ2) is 6.90. The predicted molar refractivity (Wildman–Crippen MR) is 88.5 cm³/mol. The Balaban J connectivity index is 1.87. The zero-order valence-corrected chi connectivity index (χ0v) is 13.9. The van der Waals surface area contributed by atoms with Gasteiger partial charge in [-0.15, -0.1) is 0 Å². The molecule has 3 nitrogen and oxygen atoms in total. The summed E-state index contributed by atoms with van der Waals surface area (Å²) in [6.45, 7) is 8.75. The van der Waals surface area contributed by atoms with E-state index in [2.05, 4.69) is 62.4 Å². The standard InChI is InChI=1S/C18H27N3/c1-13-7-6-8-17(11-13)10-9-14(2)20-15(3)18-12-19-21(5)16(18)4/h6-8,11-12,14-15,20H,9-10H2,1-5H3. The van der Waals surface area contributed by atoms with Gasteiger partial charge in [0.2, 0.25) is 0 Å². The first-order chi connectivity index (χ1) is 9.97. The Morgan fingerprint density at radius 3 is 2.62 bits per heavy atom. The molecule has 0 saturated carbocycles. The quantitative estimate of drug-likeness (QED) is 0.877. The van der Waals surface area contributed by atoms with Crippen LogP contribution in [0.25, 0.3) is 0 Å². The molecule has 0 amide bonds. The second-order valence-electron chi connectivity index (χ2n) is 6.13. The van der Waals surface area contributed by atoms with Crippen LogP contribution in [0.15, 0.2) is 30.5 Å². The summed E-state index contributed by atoms with van der Waals surface area (Å²) in [5, 5.41) is 8.01. The maximum Gasteiger partial charge on any atom is 0.0540 e. The van der Waals surface area contributed by atoms with Crippen molar-refractivity contribution >= 4 is 0 Å². The average Bonchev–Trinajstić information content (AvgIpc) is 2.77. The minimum absolute atomic E-state index is 0.339. The van der Waals surface area contributed by atoms with Gasteiger partial charge in [-0.3, -0.25) is 4.68 Å². The Bertz CT molecular complexity index is 586. The first-order valence-electron chi connectivity index (χ1n) is 7.77. The van der Waals surface area contributed by atoms with Gasteiger partial charge < -0.3 is 5.32 Å². The molecular weight excluding hydrogens is 258 g/mol. The van der Waals surface area contributed by atoms with E-state index < -0.39 is 0 Å². The Labute approximate surface area is 128 Å². The van der Waals surface area contributed by atoms with Crippen molar-refractivity contribution in [1.82, 2.24) is 15.1 Å². The summed E-state index contributed by atoms with van der Waals surface area (Å²) in [5.74, 6) is 0. The van der Waals surface area contributed by atoms with Crippen LogP contribution in [0.3, 0.4) is 0 Å². The molecule has 0 aliphatic rings. The van der Waals surface area contributed by atoms with Gasteiger partial charge in [0, 0.05) is 30.4 Å². The zero-order chi connectivity index (χ0) is 15.4. The van der Waals surface area contributed by atoms with Gasteiger partial charge in [-0.2, -0.15) is 5.10 Å². The van der Waals surface area contributed by atoms with Crippen LogP contribution in [0.2, 0.25) is 0 Å². The number of rotatable bonds is 6. The highest BCUT2D eigenvalue weighted by Gasteiger charge is 2.14. The lowest BCUT2D eigenvalue weighted by Gasteiger charge is -2.20. The van der Waals surface area contributed by atoms with Gasteiger partial charge in [0.25, 0.3) is 0 Å². The molecule has 3 heteroatoms. The van der Waals surface area contributed by atoms with Crippen molar-refractivity contribution < 1.29 is 0 Å². The second-order valence-corrected chi connectivity index (χ2v) is 6.13. The van der Waals surface area contributed by atoms with Gasteiger partial charge in [-0.25, -0.2) is 0 Å². The fourth-order valence-electron chi connectivity index (χ4n) is 2.79. The van der Waals surface area contributed by atoms with Crippen LogP contribution < -0.4 is 5.32 Å². The number of nitrogens with one attached hydrogen (secondary N) is 1. The molecule has 114 valence electrons. The van der Waals surface area contributed by atoms with Crippen LogP contribution in [0.4, 0.5) is 0 Å². The molecular formula is C18H27N3. The van der Waals surface area contributed by atoms with Gasteiger partial charge in [0.1, 0.15) is 0 Å². The van der Waals surface area contributed by atoms with Crippen LogP contribution in [0.1, 0.15) is 48.7 Å².